The summed E-state index contributed by atoms with van der Waals surface area (Å²) in [5, 5.41) is 9.61. The third-order valence-electron chi connectivity index (χ3n) is 6.08. The van der Waals surface area contributed by atoms with Crippen LogP contribution in [0.1, 0.15) is 55.3 Å². The summed E-state index contributed by atoms with van der Waals surface area (Å²) in [5.41, 5.74) is 2.84. The van der Waals surface area contributed by atoms with E-state index in [0.717, 1.165) is 49.6 Å². The van der Waals surface area contributed by atoms with Crippen LogP contribution in [0.3, 0.4) is 0 Å². The molecule has 0 aromatic carbocycles. The van der Waals surface area contributed by atoms with Crippen molar-refractivity contribution in [1.29, 1.82) is 5.26 Å². The SMILES string of the molecule is Cc1cc(C)c(C#N)c(N2CCC[C@@]3(CCC(=O)N(C4CC4)C3)C2)n1. The first-order valence-electron chi connectivity index (χ1n) is 9.44. The van der Waals surface area contributed by atoms with Gasteiger partial charge in [-0.05, 0) is 57.6 Å². The quantitative estimate of drug-likeness (QED) is 0.832. The molecular formula is C20H26N4O. The van der Waals surface area contributed by atoms with Crippen molar-refractivity contribution in [2.45, 2.75) is 58.4 Å². The second-order valence-corrected chi connectivity index (χ2v) is 8.17. The Labute approximate surface area is 149 Å². The van der Waals surface area contributed by atoms with Crippen molar-refractivity contribution < 1.29 is 4.79 Å². The van der Waals surface area contributed by atoms with Gasteiger partial charge >= 0.3 is 0 Å². The number of nitrogens with zero attached hydrogens (tertiary/aromatic N) is 4. The third kappa shape index (κ3) is 2.99. The van der Waals surface area contributed by atoms with E-state index in [4.69, 9.17) is 4.98 Å². The number of rotatable bonds is 2. The second-order valence-electron chi connectivity index (χ2n) is 8.17. The van der Waals surface area contributed by atoms with Gasteiger partial charge in [-0.15, -0.1) is 0 Å². The maximum atomic E-state index is 12.3. The molecule has 0 bridgehead atoms. The molecule has 3 fully saturated rings. The number of aromatic nitrogens is 1. The zero-order valence-electron chi connectivity index (χ0n) is 15.2. The molecule has 1 amide bonds. The minimum Gasteiger partial charge on any atom is -0.355 e. The fourth-order valence-corrected chi connectivity index (χ4v) is 4.67. The lowest BCUT2D eigenvalue weighted by atomic mass is 9.73. The van der Waals surface area contributed by atoms with Gasteiger partial charge in [-0.3, -0.25) is 4.79 Å². The van der Waals surface area contributed by atoms with Crippen LogP contribution in [0.4, 0.5) is 5.82 Å². The van der Waals surface area contributed by atoms with Crippen LogP contribution in [-0.2, 0) is 4.79 Å². The van der Waals surface area contributed by atoms with E-state index in [0.29, 0.717) is 23.9 Å². The Morgan fingerprint density at radius 3 is 2.80 bits per heavy atom. The van der Waals surface area contributed by atoms with E-state index in [1.54, 1.807) is 0 Å². The van der Waals surface area contributed by atoms with Gasteiger partial charge in [-0.25, -0.2) is 4.98 Å². The number of amides is 1. The van der Waals surface area contributed by atoms with Crippen LogP contribution in [0, 0.1) is 30.6 Å². The molecule has 0 radical (unpaired) electrons. The van der Waals surface area contributed by atoms with E-state index >= 15 is 0 Å². The first kappa shape index (κ1) is 16.4. The molecule has 2 aliphatic heterocycles. The van der Waals surface area contributed by atoms with E-state index in [1.807, 2.05) is 19.9 Å². The topological polar surface area (TPSA) is 60.2 Å². The van der Waals surface area contributed by atoms with Crippen LogP contribution >= 0.6 is 0 Å². The summed E-state index contributed by atoms with van der Waals surface area (Å²) in [4.78, 5) is 21.5. The summed E-state index contributed by atoms with van der Waals surface area (Å²) in [6, 6.07) is 4.83. The number of anilines is 1. The van der Waals surface area contributed by atoms with E-state index in [9.17, 15) is 10.1 Å². The van der Waals surface area contributed by atoms with Crippen molar-refractivity contribution in [1.82, 2.24) is 9.88 Å². The van der Waals surface area contributed by atoms with Gasteiger partial charge < -0.3 is 9.80 Å². The number of nitriles is 1. The fraction of sp³-hybridized carbons (Fsp3) is 0.650. The minimum atomic E-state index is 0.167. The molecule has 0 N–H and O–H groups in total. The zero-order valence-corrected chi connectivity index (χ0v) is 15.2. The highest BCUT2D eigenvalue weighted by Gasteiger charge is 2.46. The molecule has 3 aliphatic rings. The summed E-state index contributed by atoms with van der Waals surface area (Å²) in [7, 11) is 0. The molecule has 2 saturated heterocycles. The Hall–Kier alpha value is -2.09. The number of likely N-dealkylation sites (tertiary alicyclic amines) is 1. The van der Waals surface area contributed by atoms with Gasteiger partial charge in [-0.2, -0.15) is 5.26 Å². The maximum absolute atomic E-state index is 12.3. The molecule has 1 spiro atoms. The standard InChI is InChI=1S/C20H26N4O/c1-14-10-15(2)22-19(17(14)11-21)23-9-3-7-20(12-23)8-6-18(25)24(13-20)16-4-5-16/h10,16H,3-9,12-13H2,1-2H3/t20-/m1/s1. The highest BCUT2D eigenvalue weighted by Crippen LogP contribution is 2.43. The van der Waals surface area contributed by atoms with Gasteiger partial charge in [0.25, 0.3) is 0 Å². The zero-order chi connectivity index (χ0) is 17.6. The molecule has 1 aromatic rings. The molecule has 5 heteroatoms. The average molecular weight is 338 g/mol. The number of piperidine rings is 2. The fourth-order valence-electron chi connectivity index (χ4n) is 4.67. The smallest absolute Gasteiger partial charge is 0.222 e. The van der Waals surface area contributed by atoms with Crippen LogP contribution in [0.15, 0.2) is 6.07 Å². The maximum Gasteiger partial charge on any atom is 0.222 e. The van der Waals surface area contributed by atoms with E-state index in [2.05, 4.69) is 15.9 Å². The van der Waals surface area contributed by atoms with E-state index in [-0.39, 0.29) is 5.41 Å². The van der Waals surface area contributed by atoms with Gasteiger partial charge in [0.15, 0.2) is 0 Å². The van der Waals surface area contributed by atoms with Gasteiger partial charge in [0, 0.05) is 43.2 Å². The minimum absolute atomic E-state index is 0.167. The molecule has 1 aliphatic carbocycles. The Kier molecular flexibility index (Phi) is 3.94. The Morgan fingerprint density at radius 2 is 2.08 bits per heavy atom. The molecule has 25 heavy (non-hydrogen) atoms. The van der Waals surface area contributed by atoms with Gasteiger partial charge in [0.2, 0.25) is 5.91 Å². The van der Waals surface area contributed by atoms with Gasteiger partial charge in [-0.1, -0.05) is 0 Å². The summed E-state index contributed by atoms with van der Waals surface area (Å²) in [5.74, 6) is 1.18. The molecule has 3 heterocycles. The van der Waals surface area contributed by atoms with E-state index in [1.165, 1.54) is 19.3 Å². The summed E-state index contributed by atoms with van der Waals surface area (Å²) >= 11 is 0. The van der Waals surface area contributed by atoms with Gasteiger partial charge in [0.05, 0.1) is 5.56 Å². The molecule has 4 rings (SSSR count). The molecule has 1 atom stereocenters. The Balaban J connectivity index is 1.61. The highest BCUT2D eigenvalue weighted by atomic mass is 16.2. The predicted octanol–water partition coefficient (Wildman–Crippen LogP) is 2.94. The third-order valence-corrected chi connectivity index (χ3v) is 6.08. The number of aryl methyl sites for hydroxylation is 2. The van der Waals surface area contributed by atoms with Crippen molar-refractivity contribution >= 4 is 11.7 Å². The molecule has 0 unspecified atom stereocenters. The monoisotopic (exact) mass is 338 g/mol. The lowest BCUT2D eigenvalue weighted by Crippen LogP contribution is -2.55. The number of carbonyl (C=O) groups is 1. The molecular weight excluding hydrogens is 312 g/mol. The summed E-state index contributed by atoms with van der Waals surface area (Å²) < 4.78 is 0. The normalized spacial score (nSPS) is 26.8. The van der Waals surface area contributed by atoms with Crippen LogP contribution in [0.5, 0.6) is 0 Å². The second kappa shape index (κ2) is 6.01. The van der Waals surface area contributed by atoms with Crippen molar-refractivity contribution in [2.75, 3.05) is 24.5 Å². The van der Waals surface area contributed by atoms with Crippen molar-refractivity contribution in [2.24, 2.45) is 5.41 Å². The highest BCUT2D eigenvalue weighted by molar-refractivity contribution is 5.78. The van der Waals surface area contributed by atoms with Crippen molar-refractivity contribution in [3.05, 3.63) is 22.9 Å². The van der Waals surface area contributed by atoms with Crippen LogP contribution < -0.4 is 4.90 Å². The lowest BCUT2D eigenvalue weighted by Gasteiger charge is -2.49. The van der Waals surface area contributed by atoms with Crippen molar-refractivity contribution in [3.63, 3.8) is 0 Å². The molecule has 1 saturated carbocycles. The first-order chi connectivity index (χ1) is 12.0. The summed E-state index contributed by atoms with van der Waals surface area (Å²) in [6.07, 6.45) is 6.26. The predicted molar refractivity (Wildman–Crippen MR) is 96.3 cm³/mol. The van der Waals surface area contributed by atoms with Crippen LogP contribution in [0.25, 0.3) is 0 Å². The van der Waals surface area contributed by atoms with Gasteiger partial charge in [0.1, 0.15) is 11.9 Å². The van der Waals surface area contributed by atoms with E-state index < -0.39 is 0 Å². The van der Waals surface area contributed by atoms with Crippen LogP contribution in [0.2, 0.25) is 0 Å². The Bertz CT molecular complexity index is 749. The molecule has 132 valence electrons. The number of hydrogen-bond donors (Lipinski definition) is 0. The largest absolute Gasteiger partial charge is 0.355 e. The molecule has 5 nitrogen and oxygen atoms in total. The number of carbonyl (C=O) groups excluding carboxylic acids is 1. The van der Waals surface area contributed by atoms with Crippen molar-refractivity contribution in [3.8, 4) is 6.07 Å². The number of pyridine rings is 1. The summed E-state index contributed by atoms with van der Waals surface area (Å²) in [6.45, 7) is 6.73. The average Bonchev–Trinajstić information content (AvgIpc) is 3.42. The van der Waals surface area contributed by atoms with Crippen LogP contribution in [-0.4, -0.2) is 41.5 Å². The lowest BCUT2D eigenvalue weighted by molar-refractivity contribution is -0.138. The first-order valence-corrected chi connectivity index (χ1v) is 9.44. The Morgan fingerprint density at radius 1 is 1.28 bits per heavy atom. The number of hydrogen-bond acceptors (Lipinski definition) is 4. The molecule has 1 aromatic heterocycles.